The number of carbonyl (C=O) groups is 1. The number of hydrogen-bond donors (Lipinski definition) is 2. The minimum absolute atomic E-state index is 0.554. The van der Waals surface area contributed by atoms with E-state index in [2.05, 4.69) is 15.6 Å². The Hall–Kier alpha value is -4.03. The number of nitrogens with one attached hydrogen (secondary N) is 1. The lowest BCUT2D eigenvalue weighted by atomic mass is 9.91. The molecule has 0 aliphatic heterocycles. The molecule has 0 atom stereocenters. The van der Waals surface area contributed by atoms with E-state index in [1.54, 1.807) is 18.3 Å². The van der Waals surface area contributed by atoms with E-state index in [9.17, 15) is 9.90 Å². The summed E-state index contributed by atoms with van der Waals surface area (Å²) in [5.74, 6) is -0.600. The smallest absolute Gasteiger partial charge is 0.281 e. The van der Waals surface area contributed by atoms with Crippen molar-refractivity contribution in [2.24, 2.45) is 5.10 Å². The van der Waals surface area contributed by atoms with Crippen LogP contribution in [-0.4, -0.2) is 27.0 Å². The lowest BCUT2D eigenvalue weighted by Crippen LogP contribution is -2.42. The molecule has 3 aromatic carbocycles. The molecule has 6 heteroatoms. The van der Waals surface area contributed by atoms with Crippen molar-refractivity contribution >= 4 is 12.1 Å². The van der Waals surface area contributed by atoms with E-state index in [4.69, 9.17) is 0 Å². The van der Waals surface area contributed by atoms with E-state index in [1.807, 2.05) is 85.3 Å². The fourth-order valence-electron chi connectivity index (χ4n) is 4.36. The first-order valence-electron chi connectivity index (χ1n) is 10.4. The highest BCUT2D eigenvalue weighted by atomic mass is 16.3. The van der Waals surface area contributed by atoms with Crippen molar-refractivity contribution in [1.82, 2.24) is 15.2 Å². The Bertz CT molecular complexity index is 1310. The maximum atomic E-state index is 13.2. The quantitative estimate of drug-likeness (QED) is 0.387. The molecule has 2 N–H and O–H groups in total. The minimum atomic E-state index is -1.80. The first kappa shape index (κ1) is 19.9. The third kappa shape index (κ3) is 2.96. The zero-order valence-corrected chi connectivity index (χ0v) is 17.8. The maximum Gasteiger partial charge on any atom is 0.281 e. The highest BCUT2D eigenvalue weighted by Crippen LogP contribution is 2.47. The Morgan fingerprint density at radius 1 is 0.938 bits per heavy atom. The van der Waals surface area contributed by atoms with Gasteiger partial charge in [0, 0.05) is 16.7 Å². The van der Waals surface area contributed by atoms with Crippen LogP contribution < -0.4 is 5.43 Å². The van der Waals surface area contributed by atoms with Gasteiger partial charge >= 0.3 is 0 Å². The lowest BCUT2D eigenvalue weighted by molar-refractivity contribution is -0.136. The summed E-state index contributed by atoms with van der Waals surface area (Å²) in [6.07, 6.45) is 1.57. The van der Waals surface area contributed by atoms with E-state index < -0.39 is 11.5 Å². The van der Waals surface area contributed by atoms with Crippen LogP contribution in [0.5, 0.6) is 0 Å². The molecule has 1 aromatic heterocycles. The van der Waals surface area contributed by atoms with Gasteiger partial charge in [0.1, 0.15) is 0 Å². The number of amides is 1. The standard InChI is InChI=1S/C26H22N4O2/c1-17-22(18(2)30(29-17)19-10-4-3-5-11-19)16-27-28-25(31)26(32)23-14-8-6-12-20(23)21-13-7-9-15-24(21)26/h3-16,32H,1-2H3,(H,28,31). The number of fused-ring (bicyclic) bond motifs is 3. The Kier molecular flexibility index (Phi) is 4.72. The van der Waals surface area contributed by atoms with Crippen LogP contribution in [0.1, 0.15) is 28.1 Å². The second-order valence-electron chi connectivity index (χ2n) is 7.83. The van der Waals surface area contributed by atoms with Gasteiger partial charge in [-0.25, -0.2) is 10.1 Å². The van der Waals surface area contributed by atoms with Gasteiger partial charge in [-0.3, -0.25) is 4.79 Å². The Labute approximate surface area is 185 Å². The van der Waals surface area contributed by atoms with Gasteiger partial charge in [0.2, 0.25) is 0 Å². The second-order valence-corrected chi connectivity index (χ2v) is 7.83. The van der Waals surface area contributed by atoms with Crippen LogP contribution in [0.3, 0.4) is 0 Å². The van der Waals surface area contributed by atoms with E-state index in [1.165, 1.54) is 0 Å². The molecule has 0 radical (unpaired) electrons. The van der Waals surface area contributed by atoms with Gasteiger partial charge < -0.3 is 5.11 Å². The molecule has 1 heterocycles. The molecule has 5 rings (SSSR count). The summed E-state index contributed by atoms with van der Waals surface area (Å²) >= 11 is 0. The fraction of sp³-hybridized carbons (Fsp3) is 0.115. The van der Waals surface area contributed by atoms with Gasteiger partial charge in [-0.05, 0) is 37.1 Å². The van der Waals surface area contributed by atoms with Crippen molar-refractivity contribution in [3.05, 3.63) is 107 Å². The maximum absolute atomic E-state index is 13.2. The summed E-state index contributed by atoms with van der Waals surface area (Å²) in [6, 6.07) is 24.6. The predicted octanol–water partition coefficient (Wildman–Crippen LogP) is 3.86. The molecule has 0 saturated carbocycles. The number of aromatic nitrogens is 2. The second kappa shape index (κ2) is 7.59. The minimum Gasteiger partial charge on any atom is -0.372 e. The molecule has 6 nitrogen and oxygen atoms in total. The van der Waals surface area contributed by atoms with Gasteiger partial charge in [-0.15, -0.1) is 0 Å². The van der Waals surface area contributed by atoms with Crippen LogP contribution in [0.25, 0.3) is 16.8 Å². The zero-order valence-electron chi connectivity index (χ0n) is 17.8. The SMILES string of the molecule is Cc1nn(-c2ccccc2)c(C)c1C=NNC(=O)C1(O)c2ccccc2-c2ccccc21. The lowest BCUT2D eigenvalue weighted by Gasteiger charge is -2.23. The highest BCUT2D eigenvalue weighted by Gasteiger charge is 2.47. The molecular weight excluding hydrogens is 400 g/mol. The van der Waals surface area contributed by atoms with Crippen LogP contribution in [0.4, 0.5) is 0 Å². The Morgan fingerprint density at radius 3 is 2.12 bits per heavy atom. The van der Waals surface area contributed by atoms with Crippen LogP contribution in [0, 0.1) is 13.8 Å². The first-order chi connectivity index (χ1) is 15.5. The molecule has 0 fully saturated rings. The molecule has 4 aromatic rings. The molecule has 1 amide bonds. The number of nitrogens with zero attached hydrogens (tertiary/aromatic N) is 3. The number of hydrogen-bond acceptors (Lipinski definition) is 4. The number of hydrazone groups is 1. The van der Waals surface area contributed by atoms with Crippen LogP contribution in [0.15, 0.2) is 84.0 Å². The number of carbonyl (C=O) groups excluding carboxylic acids is 1. The molecule has 0 unspecified atom stereocenters. The Balaban J connectivity index is 1.44. The van der Waals surface area contributed by atoms with Crippen LogP contribution in [-0.2, 0) is 10.4 Å². The predicted molar refractivity (Wildman–Crippen MR) is 124 cm³/mol. The largest absolute Gasteiger partial charge is 0.372 e. The van der Waals surface area contributed by atoms with Crippen molar-refractivity contribution in [2.45, 2.75) is 19.4 Å². The molecule has 158 valence electrons. The van der Waals surface area contributed by atoms with Crippen molar-refractivity contribution in [3.8, 4) is 16.8 Å². The number of aryl methyl sites for hydroxylation is 1. The molecule has 1 aliphatic carbocycles. The number of aliphatic hydroxyl groups is 1. The normalized spacial score (nSPS) is 13.7. The zero-order chi connectivity index (χ0) is 22.3. The van der Waals surface area contributed by atoms with Gasteiger partial charge in [-0.1, -0.05) is 66.7 Å². The number of para-hydroxylation sites is 1. The van der Waals surface area contributed by atoms with Crippen molar-refractivity contribution in [1.29, 1.82) is 0 Å². The monoisotopic (exact) mass is 422 g/mol. The molecule has 32 heavy (non-hydrogen) atoms. The molecular formula is C26H22N4O2. The fourth-order valence-corrected chi connectivity index (χ4v) is 4.36. The summed E-state index contributed by atoms with van der Waals surface area (Å²) < 4.78 is 1.84. The molecule has 1 aliphatic rings. The molecule has 0 spiro atoms. The van der Waals surface area contributed by atoms with Crippen molar-refractivity contribution < 1.29 is 9.90 Å². The summed E-state index contributed by atoms with van der Waals surface area (Å²) in [5.41, 5.74) is 7.00. The van der Waals surface area contributed by atoms with Crippen LogP contribution in [0.2, 0.25) is 0 Å². The number of benzene rings is 3. The van der Waals surface area contributed by atoms with E-state index in [0.717, 1.165) is 33.8 Å². The Morgan fingerprint density at radius 2 is 1.50 bits per heavy atom. The summed E-state index contributed by atoms with van der Waals surface area (Å²) in [7, 11) is 0. The van der Waals surface area contributed by atoms with Crippen molar-refractivity contribution in [3.63, 3.8) is 0 Å². The van der Waals surface area contributed by atoms with Crippen molar-refractivity contribution in [2.75, 3.05) is 0 Å². The molecule has 0 saturated heterocycles. The van der Waals surface area contributed by atoms with Gasteiger partial charge in [-0.2, -0.15) is 10.2 Å². The van der Waals surface area contributed by atoms with Gasteiger partial charge in [0.25, 0.3) is 5.91 Å². The van der Waals surface area contributed by atoms with Gasteiger partial charge in [0.15, 0.2) is 5.60 Å². The topological polar surface area (TPSA) is 79.5 Å². The van der Waals surface area contributed by atoms with Gasteiger partial charge in [0.05, 0.1) is 23.3 Å². The summed E-state index contributed by atoms with van der Waals surface area (Å²) in [6.45, 7) is 3.85. The average molecular weight is 422 g/mol. The molecule has 0 bridgehead atoms. The highest BCUT2D eigenvalue weighted by molar-refractivity contribution is 5.99. The summed E-state index contributed by atoms with van der Waals surface area (Å²) in [4.78, 5) is 13.2. The average Bonchev–Trinajstić information content (AvgIpc) is 3.27. The van der Waals surface area contributed by atoms with E-state index >= 15 is 0 Å². The summed E-state index contributed by atoms with van der Waals surface area (Å²) in [5, 5.41) is 20.3. The van der Waals surface area contributed by atoms with E-state index in [-0.39, 0.29) is 0 Å². The third-order valence-electron chi connectivity index (χ3n) is 5.96. The third-order valence-corrected chi connectivity index (χ3v) is 5.96. The number of rotatable bonds is 4. The van der Waals surface area contributed by atoms with E-state index in [0.29, 0.717) is 11.1 Å². The van der Waals surface area contributed by atoms with Crippen LogP contribution >= 0.6 is 0 Å². The first-order valence-corrected chi connectivity index (χ1v) is 10.4.